The van der Waals surface area contributed by atoms with Gasteiger partial charge < -0.3 is 15.4 Å². The van der Waals surface area contributed by atoms with Gasteiger partial charge in [-0.25, -0.2) is 4.98 Å². The van der Waals surface area contributed by atoms with Crippen LogP contribution >= 0.6 is 11.3 Å². The third-order valence-corrected chi connectivity index (χ3v) is 4.63. The van der Waals surface area contributed by atoms with Crippen molar-refractivity contribution in [1.82, 2.24) is 15.6 Å². The van der Waals surface area contributed by atoms with Gasteiger partial charge in [-0.05, 0) is 6.92 Å². The smallest absolute Gasteiger partial charge is 0.418 e. The second kappa shape index (κ2) is 5.34. The number of amides is 1. The van der Waals surface area contributed by atoms with Crippen molar-refractivity contribution >= 4 is 27.5 Å². The third kappa shape index (κ3) is 2.86. The van der Waals surface area contributed by atoms with Gasteiger partial charge in [0, 0.05) is 31.6 Å². The summed E-state index contributed by atoms with van der Waals surface area (Å²) in [6.45, 7) is 2.84. The molecule has 3 rings (SSSR count). The lowest BCUT2D eigenvalue weighted by Gasteiger charge is -2.38. The summed E-state index contributed by atoms with van der Waals surface area (Å²) >= 11 is 0.846. The molecule has 0 aliphatic carbocycles. The minimum Gasteiger partial charge on any atom is -0.469 e. The quantitative estimate of drug-likeness (QED) is 0.897. The molecule has 9 heteroatoms. The Morgan fingerprint density at radius 2 is 2.17 bits per heavy atom. The Balaban J connectivity index is 2.15. The number of aromatic nitrogens is 1. The highest BCUT2D eigenvalue weighted by molar-refractivity contribution is 7.17. The van der Waals surface area contributed by atoms with Gasteiger partial charge in [-0.2, -0.15) is 13.2 Å². The van der Waals surface area contributed by atoms with Crippen LogP contribution in [-0.2, 0) is 6.18 Å². The summed E-state index contributed by atoms with van der Waals surface area (Å²) in [7, 11) is 1.41. The highest BCUT2D eigenvalue weighted by Gasteiger charge is 2.38. The Labute approximate surface area is 133 Å². The lowest BCUT2D eigenvalue weighted by Crippen LogP contribution is -2.61. The molecule has 5 nitrogen and oxygen atoms in total. The van der Waals surface area contributed by atoms with Crippen LogP contribution in [0.4, 0.5) is 13.2 Å². The largest absolute Gasteiger partial charge is 0.469 e. The molecule has 23 heavy (non-hydrogen) atoms. The van der Waals surface area contributed by atoms with Crippen molar-refractivity contribution in [3.05, 3.63) is 22.6 Å². The number of fused-ring (bicyclic) bond motifs is 1. The van der Waals surface area contributed by atoms with Gasteiger partial charge in [0.1, 0.15) is 5.60 Å². The van der Waals surface area contributed by atoms with Crippen LogP contribution in [0, 0.1) is 0 Å². The minimum absolute atomic E-state index is 0.00931. The number of alkyl halides is 3. The number of carbonyl (C=O) groups excluding carboxylic acids is 1. The molecule has 3 heterocycles. The number of halogens is 3. The van der Waals surface area contributed by atoms with E-state index in [0.29, 0.717) is 13.1 Å². The van der Waals surface area contributed by atoms with Crippen molar-refractivity contribution in [2.75, 3.05) is 20.1 Å². The van der Waals surface area contributed by atoms with Gasteiger partial charge in [0.15, 0.2) is 0 Å². The molecule has 0 spiro atoms. The zero-order valence-corrected chi connectivity index (χ0v) is 13.2. The number of thiophene rings is 1. The Bertz CT molecular complexity index is 768. The van der Waals surface area contributed by atoms with Gasteiger partial charge in [0.05, 0.1) is 21.3 Å². The number of rotatable bonds is 3. The zero-order valence-electron chi connectivity index (χ0n) is 12.4. The van der Waals surface area contributed by atoms with Crippen LogP contribution in [-0.4, -0.2) is 36.6 Å². The molecular formula is C14H14F3N3O2S. The minimum atomic E-state index is -4.55. The van der Waals surface area contributed by atoms with Gasteiger partial charge in [-0.3, -0.25) is 4.79 Å². The Morgan fingerprint density at radius 1 is 1.48 bits per heavy atom. The summed E-state index contributed by atoms with van der Waals surface area (Å²) in [5, 5.41) is 6.78. The number of carbonyl (C=O) groups is 1. The lowest BCUT2D eigenvalue weighted by atomic mass is 10.0. The van der Waals surface area contributed by atoms with E-state index in [-0.39, 0.29) is 21.7 Å². The number of hydrogen-bond acceptors (Lipinski definition) is 5. The first-order valence-electron chi connectivity index (χ1n) is 6.85. The van der Waals surface area contributed by atoms with E-state index >= 15 is 0 Å². The fraction of sp³-hybridized carbons (Fsp3) is 0.429. The van der Waals surface area contributed by atoms with Crippen molar-refractivity contribution in [2.45, 2.75) is 18.7 Å². The third-order valence-electron chi connectivity index (χ3n) is 3.63. The van der Waals surface area contributed by atoms with E-state index in [1.54, 1.807) is 6.92 Å². The van der Waals surface area contributed by atoms with Gasteiger partial charge in [0.25, 0.3) is 5.91 Å². The van der Waals surface area contributed by atoms with Gasteiger partial charge >= 0.3 is 6.18 Å². The van der Waals surface area contributed by atoms with E-state index in [1.165, 1.54) is 12.4 Å². The molecule has 124 valence electrons. The Kier molecular flexibility index (Phi) is 3.72. The molecule has 1 aliphatic rings. The van der Waals surface area contributed by atoms with Crippen molar-refractivity contribution in [3.63, 3.8) is 0 Å². The number of pyridine rings is 1. The molecule has 0 aromatic carbocycles. The van der Waals surface area contributed by atoms with E-state index in [1.807, 2.05) is 0 Å². The summed E-state index contributed by atoms with van der Waals surface area (Å²) in [5.74, 6) is -0.608. The van der Waals surface area contributed by atoms with Gasteiger partial charge in [-0.15, -0.1) is 11.3 Å². The maximum Gasteiger partial charge on any atom is 0.418 e. The van der Waals surface area contributed by atoms with E-state index in [4.69, 9.17) is 4.74 Å². The molecule has 0 unspecified atom stereocenters. The lowest BCUT2D eigenvalue weighted by molar-refractivity contribution is -0.136. The van der Waals surface area contributed by atoms with Crippen molar-refractivity contribution < 1.29 is 22.7 Å². The molecule has 0 bridgehead atoms. The molecule has 1 fully saturated rings. The highest BCUT2D eigenvalue weighted by atomic mass is 32.1. The average molecular weight is 345 g/mol. The molecule has 1 amide bonds. The van der Waals surface area contributed by atoms with Crippen LogP contribution in [0.3, 0.4) is 0 Å². The monoisotopic (exact) mass is 345 g/mol. The second-order valence-corrected chi connectivity index (χ2v) is 6.45. The van der Waals surface area contributed by atoms with Crippen LogP contribution in [0.1, 0.15) is 22.8 Å². The summed E-state index contributed by atoms with van der Waals surface area (Å²) in [6, 6.07) is 0.899. The first kappa shape index (κ1) is 16.0. The predicted molar refractivity (Wildman–Crippen MR) is 79.9 cm³/mol. The number of ether oxygens (including phenoxy) is 1. The summed E-state index contributed by atoms with van der Waals surface area (Å²) in [4.78, 5) is 16.0. The first-order valence-corrected chi connectivity index (χ1v) is 7.73. The van der Waals surface area contributed by atoms with E-state index in [0.717, 1.165) is 17.4 Å². The molecule has 0 radical (unpaired) electrons. The standard InChI is InChI=1S/C14H14F3N3O2S/c1-13(5-19-6-13)22-9-3-8(14(15,16)17)11-10(20-9)7(4-23-11)12(21)18-2/h3-4,19H,5-6H2,1-2H3,(H,18,21). The van der Waals surface area contributed by atoms with Crippen molar-refractivity contribution in [1.29, 1.82) is 0 Å². The molecular weight excluding hydrogens is 331 g/mol. The van der Waals surface area contributed by atoms with Gasteiger partial charge in [0.2, 0.25) is 5.88 Å². The van der Waals surface area contributed by atoms with Crippen molar-refractivity contribution in [3.8, 4) is 5.88 Å². The fourth-order valence-corrected chi connectivity index (χ4v) is 3.37. The number of nitrogens with one attached hydrogen (secondary N) is 2. The normalized spacial score (nSPS) is 16.9. The molecule has 0 saturated carbocycles. The van der Waals surface area contributed by atoms with Crippen LogP contribution in [0.25, 0.3) is 10.2 Å². The SMILES string of the molecule is CNC(=O)c1csc2c(C(F)(F)F)cc(OC3(C)CNC3)nc12. The summed E-state index contributed by atoms with van der Waals surface area (Å²) in [5.41, 5.74) is -1.31. The predicted octanol–water partition coefficient (Wildman–Crippen LogP) is 2.42. The van der Waals surface area contributed by atoms with Crippen LogP contribution in [0.15, 0.2) is 11.4 Å². The molecule has 2 aromatic rings. The molecule has 2 aromatic heterocycles. The van der Waals surface area contributed by atoms with Crippen LogP contribution in [0.2, 0.25) is 0 Å². The van der Waals surface area contributed by atoms with E-state index in [9.17, 15) is 18.0 Å². The zero-order chi connectivity index (χ0) is 16.8. The van der Waals surface area contributed by atoms with Crippen molar-refractivity contribution in [2.24, 2.45) is 0 Å². The van der Waals surface area contributed by atoms with Crippen LogP contribution in [0.5, 0.6) is 5.88 Å². The van der Waals surface area contributed by atoms with Gasteiger partial charge in [-0.1, -0.05) is 0 Å². The number of nitrogens with zero attached hydrogens (tertiary/aromatic N) is 1. The van der Waals surface area contributed by atoms with Crippen LogP contribution < -0.4 is 15.4 Å². The summed E-state index contributed by atoms with van der Waals surface area (Å²) < 4.78 is 45.5. The summed E-state index contributed by atoms with van der Waals surface area (Å²) in [6.07, 6.45) is -4.55. The fourth-order valence-electron chi connectivity index (χ4n) is 2.35. The maximum absolute atomic E-state index is 13.3. The topological polar surface area (TPSA) is 63.2 Å². The molecule has 2 N–H and O–H groups in total. The highest BCUT2D eigenvalue weighted by Crippen LogP contribution is 2.40. The molecule has 1 aliphatic heterocycles. The molecule has 1 saturated heterocycles. The second-order valence-electron chi connectivity index (χ2n) is 5.57. The Hall–Kier alpha value is -1.87. The Morgan fingerprint density at radius 3 is 2.70 bits per heavy atom. The first-order chi connectivity index (χ1) is 10.7. The number of hydrogen-bond donors (Lipinski definition) is 2. The maximum atomic E-state index is 13.3. The van der Waals surface area contributed by atoms with E-state index in [2.05, 4.69) is 15.6 Å². The average Bonchev–Trinajstić information content (AvgIpc) is 2.86. The molecule has 0 atom stereocenters. The van der Waals surface area contributed by atoms with E-state index < -0.39 is 23.2 Å².